The predicted octanol–water partition coefficient (Wildman–Crippen LogP) is 4.86. The van der Waals surface area contributed by atoms with Crippen LogP contribution in [0.1, 0.15) is 25.1 Å². The number of methoxy groups -OCH3 is 1. The number of hydrogen-bond acceptors (Lipinski definition) is 6. The fraction of sp³-hybridized carbons (Fsp3) is 0.423. The van der Waals surface area contributed by atoms with Crippen LogP contribution in [0, 0.1) is 6.92 Å². The SMILES string of the molecule is COCCN(Cc1c(C)nn(-c2ccccc2)c1Oc1ccccc1Cl)CC(O)COC(C)C. The van der Waals surface area contributed by atoms with E-state index < -0.39 is 6.10 Å². The number of rotatable bonds is 13. The Morgan fingerprint density at radius 1 is 1.09 bits per heavy atom. The van der Waals surface area contributed by atoms with Gasteiger partial charge in [0.15, 0.2) is 0 Å². The molecule has 1 aromatic heterocycles. The van der Waals surface area contributed by atoms with E-state index in [4.69, 9.17) is 30.9 Å². The van der Waals surface area contributed by atoms with Gasteiger partial charge in [-0.05, 0) is 45.0 Å². The fourth-order valence-electron chi connectivity index (χ4n) is 3.53. The summed E-state index contributed by atoms with van der Waals surface area (Å²) in [4.78, 5) is 2.12. The summed E-state index contributed by atoms with van der Waals surface area (Å²) in [6.45, 7) is 8.25. The molecule has 0 radical (unpaired) electrons. The van der Waals surface area contributed by atoms with Gasteiger partial charge in [-0.3, -0.25) is 4.90 Å². The molecule has 0 aliphatic heterocycles. The number of nitrogens with zero attached hydrogens (tertiary/aromatic N) is 3. The van der Waals surface area contributed by atoms with Crippen molar-refractivity contribution in [3.8, 4) is 17.3 Å². The molecule has 1 unspecified atom stereocenters. The van der Waals surface area contributed by atoms with E-state index in [2.05, 4.69) is 4.90 Å². The van der Waals surface area contributed by atoms with Gasteiger partial charge in [-0.25, -0.2) is 4.68 Å². The minimum absolute atomic E-state index is 0.0593. The molecule has 0 spiro atoms. The number of hydrogen-bond donors (Lipinski definition) is 1. The van der Waals surface area contributed by atoms with Gasteiger partial charge in [-0.1, -0.05) is 41.9 Å². The minimum atomic E-state index is -0.628. The van der Waals surface area contributed by atoms with Crippen LogP contribution in [0.5, 0.6) is 11.6 Å². The number of aliphatic hydroxyl groups is 1. The lowest BCUT2D eigenvalue weighted by atomic mass is 10.2. The molecule has 0 aliphatic carbocycles. The molecule has 0 saturated heterocycles. The number of aliphatic hydroxyl groups excluding tert-OH is 1. The van der Waals surface area contributed by atoms with Gasteiger partial charge < -0.3 is 19.3 Å². The second-order valence-electron chi connectivity index (χ2n) is 8.41. The highest BCUT2D eigenvalue weighted by molar-refractivity contribution is 6.32. The molecule has 0 aliphatic rings. The maximum Gasteiger partial charge on any atom is 0.227 e. The first-order valence-electron chi connectivity index (χ1n) is 11.5. The molecule has 1 heterocycles. The van der Waals surface area contributed by atoms with Crippen molar-refractivity contribution < 1.29 is 19.3 Å². The molecule has 1 atom stereocenters. The van der Waals surface area contributed by atoms with Crippen LogP contribution in [0.15, 0.2) is 54.6 Å². The Balaban J connectivity index is 1.94. The van der Waals surface area contributed by atoms with Crippen molar-refractivity contribution in [3.63, 3.8) is 0 Å². The molecule has 2 aromatic carbocycles. The Hall–Kier alpha value is -2.42. The van der Waals surface area contributed by atoms with Crippen LogP contribution in [0.4, 0.5) is 0 Å². The minimum Gasteiger partial charge on any atom is -0.437 e. The van der Waals surface area contributed by atoms with Crippen molar-refractivity contribution >= 4 is 11.6 Å². The first kappa shape index (κ1) is 26.2. The van der Waals surface area contributed by atoms with Gasteiger partial charge in [-0.15, -0.1) is 0 Å². The second-order valence-corrected chi connectivity index (χ2v) is 8.82. The summed E-state index contributed by atoms with van der Waals surface area (Å²) >= 11 is 6.41. The Kier molecular flexibility index (Phi) is 9.92. The van der Waals surface area contributed by atoms with Crippen LogP contribution >= 0.6 is 11.6 Å². The summed E-state index contributed by atoms with van der Waals surface area (Å²) in [7, 11) is 1.67. The zero-order valence-corrected chi connectivity index (χ0v) is 21.0. The van der Waals surface area contributed by atoms with E-state index in [1.54, 1.807) is 17.9 Å². The van der Waals surface area contributed by atoms with Gasteiger partial charge >= 0.3 is 0 Å². The topological polar surface area (TPSA) is 69.0 Å². The van der Waals surface area contributed by atoms with Crippen LogP contribution in [0.2, 0.25) is 5.02 Å². The average molecular weight is 488 g/mol. The lowest BCUT2D eigenvalue weighted by Crippen LogP contribution is -2.37. The third-order valence-electron chi connectivity index (χ3n) is 5.27. The summed E-state index contributed by atoms with van der Waals surface area (Å²) < 4.78 is 19.1. The summed E-state index contributed by atoms with van der Waals surface area (Å²) in [5.41, 5.74) is 2.63. The van der Waals surface area contributed by atoms with E-state index in [1.165, 1.54) is 0 Å². The number of aromatic nitrogens is 2. The Morgan fingerprint density at radius 2 is 1.79 bits per heavy atom. The highest BCUT2D eigenvalue weighted by Crippen LogP contribution is 2.34. The van der Waals surface area contributed by atoms with Gasteiger partial charge in [0.05, 0.1) is 47.4 Å². The summed E-state index contributed by atoms with van der Waals surface area (Å²) in [6.07, 6.45) is -0.569. The van der Waals surface area contributed by atoms with Gasteiger partial charge in [0.25, 0.3) is 0 Å². The Labute approximate surface area is 206 Å². The first-order valence-corrected chi connectivity index (χ1v) is 11.8. The lowest BCUT2D eigenvalue weighted by molar-refractivity contribution is -0.0122. The molecule has 0 bridgehead atoms. The molecule has 34 heavy (non-hydrogen) atoms. The van der Waals surface area contributed by atoms with E-state index >= 15 is 0 Å². The quantitative estimate of drug-likeness (QED) is 0.371. The standard InChI is InChI=1S/C26H34ClN3O4/c1-19(2)33-18-22(31)16-29(14-15-32-4)17-23-20(3)28-30(21-10-6-5-7-11-21)26(23)34-25-13-9-8-12-24(25)27/h5-13,19,22,31H,14-18H2,1-4H3. The Morgan fingerprint density at radius 3 is 2.47 bits per heavy atom. The molecule has 3 rings (SSSR count). The molecule has 8 heteroatoms. The van der Waals surface area contributed by atoms with Crippen molar-refractivity contribution in [1.82, 2.24) is 14.7 Å². The van der Waals surface area contributed by atoms with E-state index in [0.29, 0.717) is 42.9 Å². The summed E-state index contributed by atoms with van der Waals surface area (Å²) in [5.74, 6) is 1.14. The van der Waals surface area contributed by atoms with Gasteiger partial charge in [0.2, 0.25) is 5.88 Å². The Bertz CT molecular complexity index is 1030. The maximum atomic E-state index is 10.6. The zero-order valence-electron chi connectivity index (χ0n) is 20.3. The molecule has 3 aromatic rings. The van der Waals surface area contributed by atoms with Crippen LogP contribution in [0.3, 0.4) is 0 Å². The summed E-state index contributed by atoms with van der Waals surface area (Å²) in [5, 5.41) is 15.9. The van der Waals surface area contributed by atoms with E-state index in [1.807, 2.05) is 69.3 Å². The smallest absolute Gasteiger partial charge is 0.227 e. The molecular weight excluding hydrogens is 454 g/mol. The van der Waals surface area contributed by atoms with E-state index in [9.17, 15) is 5.11 Å². The van der Waals surface area contributed by atoms with Crippen molar-refractivity contribution in [1.29, 1.82) is 0 Å². The molecule has 0 amide bonds. The van der Waals surface area contributed by atoms with Crippen LogP contribution in [-0.4, -0.2) is 65.4 Å². The highest BCUT2D eigenvalue weighted by Gasteiger charge is 2.23. The lowest BCUT2D eigenvalue weighted by Gasteiger charge is -2.25. The molecular formula is C26H34ClN3O4. The number of para-hydroxylation sites is 2. The third kappa shape index (κ3) is 7.29. The van der Waals surface area contributed by atoms with E-state index in [-0.39, 0.29) is 12.7 Å². The predicted molar refractivity (Wildman–Crippen MR) is 134 cm³/mol. The van der Waals surface area contributed by atoms with Gasteiger partial charge in [0, 0.05) is 26.7 Å². The van der Waals surface area contributed by atoms with Gasteiger partial charge in [0.1, 0.15) is 5.75 Å². The van der Waals surface area contributed by atoms with Crippen molar-refractivity contribution in [2.75, 3.05) is 33.4 Å². The normalized spacial score (nSPS) is 12.5. The average Bonchev–Trinajstić information content (AvgIpc) is 3.13. The third-order valence-corrected chi connectivity index (χ3v) is 5.58. The molecule has 0 saturated carbocycles. The van der Waals surface area contributed by atoms with Crippen LogP contribution < -0.4 is 4.74 Å². The zero-order chi connectivity index (χ0) is 24.5. The number of benzene rings is 2. The van der Waals surface area contributed by atoms with Crippen molar-refractivity contribution in [2.24, 2.45) is 0 Å². The molecule has 1 N–H and O–H groups in total. The largest absolute Gasteiger partial charge is 0.437 e. The molecule has 7 nitrogen and oxygen atoms in total. The molecule has 184 valence electrons. The molecule has 0 fully saturated rings. The monoisotopic (exact) mass is 487 g/mol. The van der Waals surface area contributed by atoms with Crippen LogP contribution in [0.25, 0.3) is 5.69 Å². The van der Waals surface area contributed by atoms with Crippen molar-refractivity contribution in [2.45, 2.75) is 39.5 Å². The number of halogens is 1. The van der Waals surface area contributed by atoms with Gasteiger partial charge in [-0.2, -0.15) is 5.10 Å². The highest BCUT2D eigenvalue weighted by atomic mass is 35.5. The van der Waals surface area contributed by atoms with E-state index in [0.717, 1.165) is 16.9 Å². The maximum absolute atomic E-state index is 10.6. The summed E-state index contributed by atoms with van der Waals surface area (Å²) in [6, 6.07) is 17.2. The number of aryl methyl sites for hydroxylation is 1. The first-order chi connectivity index (χ1) is 16.4. The fourth-order valence-corrected chi connectivity index (χ4v) is 3.71. The second kappa shape index (κ2) is 12.9. The van der Waals surface area contributed by atoms with Crippen LogP contribution in [-0.2, 0) is 16.0 Å². The number of ether oxygens (including phenoxy) is 3. The van der Waals surface area contributed by atoms with Crippen molar-refractivity contribution in [3.05, 3.63) is 70.9 Å².